The molecule has 0 spiro atoms. The second-order valence-electron chi connectivity index (χ2n) is 6.31. The third-order valence-corrected chi connectivity index (χ3v) is 7.07. The minimum absolute atomic E-state index is 0.187. The number of aromatic nitrogens is 2. The van der Waals surface area contributed by atoms with Crippen molar-refractivity contribution in [3.63, 3.8) is 0 Å². The van der Waals surface area contributed by atoms with Crippen molar-refractivity contribution in [3.8, 4) is 0 Å². The van der Waals surface area contributed by atoms with Gasteiger partial charge in [-0.1, -0.05) is 35.7 Å². The maximum absolute atomic E-state index is 12.7. The normalized spacial score (nSPS) is 18.5. The molecule has 3 aromatic rings. The van der Waals surface area contributed by atoms with Gasteiger partial charge >= 0.3 is 5.69 Å². The number of aromatic amines is 1. The Labute approximate surface area is 167 Å². The molecule has 0 radical (unpaired) electrons. The zero-order valence-corrected chi connectivity index (χ0v) is 16.3. The van der Waals surface area contributed by atoms with E-state index in [0.29, 0.717) is 27.6 Å². The predicted molar refractivity (Wildman–Crippen MR) is 111 cm³/mol. The lowest BCUT2D eigenvalue weighted by atomic mass is 10.2. The van der Waals surface area contributed by atoms with Crippen molar-refractivity contribution in [2.75, 3.05) is 10.6 Å². The monoisotopic (exact) mass is 410 g/mol. The molecule has 140 valence electrons. The highest BCUT2D eigenvalue weighted by Crippen LogP contribution is 2.47. The van der Waals surface area contributed by atoms with E-state index in [4.69, 9.17) is 0 Å². The van der Waals surface area contributed by atoms with Crippen molar-refractivity contribution >= 4 is 57.7 Å². The molecule has 0 fully saturated rings. The van der Waals surface area contributed by atoms with E-state index in [0.717, 1.165) is 21.0 Å². The average Bonchev–Trinajstić information content (AvgIpc) is 2.99. The summed E-state index contributed by atoms with van der Waals surface area (Å²) >= 11 is 2.54. The summed E-state index contributed by atoms with van der Waals surface area (Å²) in [5.41, 5.74) is 2.61. The maximum atomic E-state index is 12.7. The number of para-hydroxylation sites is 1. The van der Waals surface area contributed by atoms with Crippen molar-refractivity contribution in [2.45, 2.75) is 23.3 Å². The Morgan fingerprint density at radius 1 is 0.893 bits per heavy atom. The number of nitrogens with one attached hydrogen (secondary N) is 3. The van der Waals surface area contributed by atoms with E-state index in [1.807, 2.05) is 37.3 Å². The molecule has 2 aliphatic rings. The highest BCUT2D eigenvalue weighted by atomic mass is 32.2. The van der Waals surface area contributed by atoms with Gasteiger partial charge in [-0.3, -0.25) is 14.2 Å². The Bertz CT molecular complexity index is 1270. The van der Waals surface area contributed by atoms with Crippen LogP contribution in [0, 0.1) is 0 Å². The second kappa shape index (κ2) is 6.32. The predicted octanol–water partition coefficient (Wildman–Crippen LogP) is 3.35. The van der Waals surface area contributed by atoms with Gasteiger partial charge in [0.15, 0.2) is 0 Å². The van der Waals surface area contributed by atoms with Gasteiger partial charge in [-0.2, -0.15) is 0 Å². The molecular weight excluding hydrogens is 396 g/mol. The van der Waals surface area contributed by atoms with E-state index in [2.05, 4.69) is 15.6 Å². The van der Waals surface area contributed by atoms with Crippen LogP contribution in [0.25, 0.3) is 11.0 Å². The molecule has 2 aliphatic heterocycles. The van der Waals surface area contributed by atoms with Crippen LogP contribution in [0.1, 0.15) is 6.92 Å². The molecule has 3 heterocycles. The smallest absolute Gasteiger partial charge is 0.320 e. The lowest BCUT2D eigenvalue weighted by Crippen LogP contribution is -2.24. The van der Waals surface area contributed by atoms with Crippen LogP contribution in [-0.4, -0.2) is 21.4 Å². The number of hydrogen-bond donors (Lipinski definition) is 3. The summed E-state index contributed by atoms with van der Waals surface area (Å²) in [5, 5.41) is 5.69. The minimum atomic E-state index is -0.328. The molecule has 3 N–H and O–H groups in total. The number of benzene rings is 2. The Balaban J connectivity index is 1.62. The van der Waals surface area contributed by atoms with Crippen LogP contribution in [0.4, 0.5) is 11.4 Å². The van der Waals surface area contributed by atoms with Crippen LogP contribution in [0.5, 0.6) is 0 Å². The summed E-state index contributed by atoms with van der Waals surface area (Å²) in [4.78, 5) is 42.6. The molecule has 0 bridgehead atoms. The van der Waals surface area contributed by atoms with Gasteiger partial charge in [0.1, 0.15) is 0 Å². The first-order valence-corrected chi connectivity index (χ1v) is 10.3. The van der Waals surface area contributed by atoms with Gasteiger partial charge < -0.3 is 15.6 Å². The molecule has 7 nitrogen and oxygen atoms in total. The molecular formula is C19H14N4O3S2. The molecule has 0 saturated heterocycles. The third-order valence-electron chi connectivity index (χ3n) is 4.62. The Hall–Kier alpha value is -2.91. The van der Waals surface area contributed by atoms with Crippen molar-refractivity contribution < 1.29 is 9.59 Å². The van der Waals surface area contributed by atoms with Crippen LogP contribution < -0.4 is 16.3 Å². The van der Waals surface area contributed by atoms with E-state index in [1.54, 1.807) is 10.6 Å². The van der Waals surface area contributed by atoms with Gasteiger partial charge in [-0.05, 0) is 31.2 Å². The standard InChI is InChI=1S/C19H14N4O3S2/c1-2-23-12-8-14-11(7-10(12)22-19(23)26)21-18(25)16(28-14)15-17(24)20-9-5-3-4-6-13(9)27-15/h3-8H,2H2,1H3,(H,20,24)(H,21,25)(H,22,26)/b16-15-. The number of nitrogens with zero attached hydrogens (tertiary/aromatic N) is 1. The highest BCUT2D eigenvalue weighted by molar-refractivity contribution is 8.08. The number of imidazole rings is 1. The maximum Gasteiger partial charge on any atom is 0.326 e. The molecule has 2 amide bonds. The van der Waals surface area contributed by atoms with E-state index in [-0.39, 0.29) is 17.5 Å². The second-order valence-corrected chi connectivity index (χ2v) is 8.41. The van der Waals surface area contributed by atoms with Crippen LogP contribution in [0.15, 0.2) is 60.8 Å². The van der Waals surface area contributed by atoms with Gasteiger partial charge in [0.25, 0.3) is 11.8 Å². The largest absolute Gasteiger partial charge is 0.326 e. The first-order chi connectivity index (χ1) is 13.5. The lowest BCUT2D eigenvalue weighted by Gasteiger charge is -2.24. The van der Waals surface area contributed by atoms with Gasteiger partial charge in [0.05, 0.1) is 32.2 Å². The number of carbonyl (C=O) groups excluding carboxylic acids is 2. The fourth-order valence-corrected chi connectivity index (χ4v) is 5.42. The fourth-order valence-electron chi connectivity index (χ4n) is 3.31. The molecule has 0 saturated carbocycles. The first kappa shape index (κ1) is 17.2. The van der Waals surface area contributed by atoms with E-state index >= 15 is 0 Å². The SMILES string of the molecule is CCn1c(=O)[nH]c2cc3c(cc21)S/C(=C1\Sc2ccccc2NC1=O)C(=O)N3. The number of anilines is 2. The highest BCUT2D eigenvalue weighted by Gasteiger charge is 2.31. The van der Waals surface area contributed by atoms with Gasteiger partial charge in [0.2, 0.25) is 0 Å². The number of rotatable bonds is 1. The number of H-pyrrole nitrogens is 1. The van der Waals surface area contributed by atoms with Crippen LogP contribution >= 0.6 is 23.5 Å². The van der Waals surface area contributed by atoms with Gasteiger partial charge in [-0.15, -0.1) is 0 Å². The van der Waals surface area contributed by atoms with Crippen molar-refractivity contribution in [1.82, 2.24) is 9.55 Å². The number of aryl methyl sites for hydroxylation is 1. The molecule has 9 heteroatoms. The van der Waals surface area contributed by atoms with Crippen molar-refractivity contribution in [1.29, 1.82) is 0 Å². The van der Waals surface area contributed by atoms with E-state index < -0.39 is 0 Å². The van der Waals surface area contributed by atoms with Gasteiger partial charge in [-0.25, -0.2) is 4.79 Å². The van der Waals surface area contributed by atoms with Crippen LogP contribution in [0.2, 0.25) is 0 Å². The molecule has 0 aliphatic carbocycles. The molecule has 5 rings (SSSR count). The zero-order chi connectivity index (χ0) is 19.4. The topological polar surface area (TPSA) is 96.0 Å². The van der Waals surface area contributed by atoms with Gasteiger partial charge in [0, 0.05) is 16.3 Å². The Morgan fingerprint density at radius 2 is 1.57 bits per heavy atom. The molecule has 2 aromatic carbocycles. The summed E-state index contributed by atoms with van der Waals surface area (Å²) in [6.07, 6.45) is 0. The number of carbonyl (C=O) groups is 2. The molecule has 28 heavy (non-hydrogen) atoms. The fraction of sp³-hybridized carbons (Fsp3) is 0.105. The summed E-state index contributed by atoms with van der Waals surface area (Å²) < 4.78 is 1.64. The molecule has 0 atom stereocenters. The van der Waals surface area contributed by atoms with Crippen molar-refractivity contribution in [3.05, 3.63) is 56.7 Å². The van der Waals surface area contributed by atoms with Crippen LogP contribution in [0.3, 0.4) is 0 Å². The van der Waals surface area contributed by atoms with Crippen molar-refractivity contribution in [2.24, 2.45) is 0 Å². The van der Waals surface area contributed by atoms with E-state index in [1.165, 1.54) is 23.5 Å². The summed E-state index contributed by atoms with van der Waals surface area (Å²) in [6, 6.07) is 11.1. The first-order valence-electron chi connectivity index (χ1n) is 8.63. The minimum Gasteiger partial charge on any atom is -0.320 e. The Morgan fingerprint density at radius 3 is 2.32 bits per heavy atom. The number of fused-ring (bicyclic) bond motifs is 3. The summed E-state index contributed by atoms with van der Waals surface area (Å²) in [7, 11) is 0. The average molecular weight is 410 g/mol. The van der Waals surface area contributed by atoms with E-state index in [9.17, 15) is 14.4 Å². The third kappa shape index (κ3) is 2.58. The molecule has 0 unspecified atom stereocenters. The zero-order valence-electron chi connectivity index (χ0n) is 14.7. The quantitative estimate of drug-likeness (QED) is 0.535. The lowest BCUT2D eigenvalue weighted by molar-refractivity contribution is -0.114. The summed E-state index contributed by atoms with van der Waals surface area (Å²) in [6.45, 7) is 2.44. The van der Waals surface area contributed by atoms with Crippen LogP contribution in [-0.2, 0) is 16.1 Å². The number of thioether (sulfide) groups is 2. The summed E-state index contributed by atoms with van der Waals surface area (Å²) in [5.74, 6) is -0.621. The number of hydrogen-bond acceptors (Lipinski definition) is 5. The number of amides is 2. The molecule has 1 aromatic heterocycles. The Kier molecular flexibility index (Phi) is 3.88.